The topological polar surface area (TPSA) is 47.1 Å². The fourth-order valence-corrected chi connectivity index (χ4v) is 3.21. The van der Waals surface area contributed by atoms with E-state index < -0.39 is 0 Å². The smallest absolute Gasteiger partial charge is 0.0765 e. The summed E-state index contributed by atoms with van der Waals surface area (Å²) in [6.45, 7) is 9.68. The summed E-state index contributed by atoms with van der Waals surface area (Å²) < 4.78 is 2.14. The van der Waals surface area contributed by atoms with Crippen molar-refractivity contribution in [3.63, 3.8) is 0 Å². The van der Waals surface area contributed by atoms with Crippen molar-refractivity contribution in [1.29, 1.82) is 0 Å². The molecule has 1 aliphatic heterocycles. The fourth-order valence-electron chi connectivity index (χ4n) is 3.21. The molecule has 0 amide bonds. The van der Waals surface area contributed by atoms with Gasteiger partial charge < -0.3 is 5.73 Å². The van der Waals surface area contributed by atoms with Crippen molar-refractivity contribution in [2.75, 3.05) is 13.1 Å². The van der Waals surface area contributed by atoms with Crippen LogP contribution in [0.3, 0.4) is 0 Å². The van der Waals surface area contributed by atoms with Crippen LogP contribution in [0.4, 0.5) is 0 Å². The first-order valence-corrected chi connectivity index (χ1v) is 8.16. The van der Waals surface area contributed by atoms with Gasteiger partial charge in [-0.15, -0.1) is 0 Å². The van der Waals surface area contributed by atoms with Crippen molar-refractivity contribution in [2.45, 2.75) is 65.1 Å². The van der Waals surface area contributed by atoms with E-state index in [1.54, 1.807) is 0 Å². The Balaban J connectivity index is 1.98. The third kappa shape index (κ3) is 3.61. The predicted octanol–water partition coefficient (Wildman–Crippen LogP) is 2.80. The molecule has 4 nitrogen and oxygen atoms in total. The SMILES string of the molecule is CCC(CC)n1ccc(CN2CC(CN)CCC2C)n1. The van der Waals surface area contributed by atoms with Gasteiger partial charge >= 0.3 is 0 Å². The zero-order chi connectivity index (χ0) is 14.5. The minimum absolute atomic E-state index is 0.541. The van der Waals surface area contributed by atoms with Crippen molar-refractivity contribution < 1.29 is 0 Å². The van der Waals surface area contributed by atoms with E-state index in [9.17, 15) is 0 Å². The maximum atomic E-state index is 5.84. The lowest BCUT2D eigenvalue weighted by Crippen LogP contribution is -2.43. The minimum atomic E-state index is 0.541. The van der Waals surface area contributed by atoms with Gasteiger partial charge in [0.15, 0.2) is 0 Å². The molecule has 0 spiro atoms. The summed E-state index contributed by atoms with van der Waals surface area (Å²) in [6, 6.07) is 3.37. The molecule has 1 saturated heterocycles. The van der Waals surface area contributed by atoms with Gasteiger partial charge in [-0.25, -0.2) is 0 Å². The van der Waals surface area contributed by atoms with Crippen LogP contribution < -0.4 is 5.73 Å². The highest BCUT2D eigenvalue weighted by Gasteiger charge is 2.25. The Bertz CT molecular complexity index is 397. The second kappa shape index (κ2) is 7.23. The van der Waals surface area contributed by atoms with E-state index in [1.165, 1.54) is 18.5 Å². The molecule has 2 heterocycles. The molecule has 0 aromatic carbocycles. The third-order valence-electron chi connectivity index (χ3n) is 4.79. The van der Waals surface area contributed by atoms with Crippen LogP contribution in [0.5, 0.6) is 0 Å². The van der Waals surface area contributed by atoms with Crippen molar-refractivity contribution in [1.82, 2.24) is 14.7 Å². The summed E-state index contributed by atoms with van der Waals surface area (Å²) in [5, 5.41) is 4.78. The maximum Gasteiger partial charge on any atom is 0.0765 e. The Kier molecular flexibility index (Phi) is 5.61. The Morgan fingerprint density at radius 3 is 2.75 bits per heavy atom. The van der Waals surface area contributed by atoms with Crippen LogP contribution in [-0.4, -0.2) is 33.8 Å². The number of likely N-dealkylation sites (tertiary alicyclic amines) is 1. The third-order valence-corrected chi connectivity index (χ3v) is 4.79. The van der Waals surface area contributed by atoms with E-state index in [2.05, 4.69) is 42.6 Å². The lowest BCUT2D eigenvalue weighted by Gasteiger charge is -2.37. The molecule has 1 aromatic rings. The average molecular weight is 278 g/mol. The van der Waals surface area contributed by atoms with Crippen LogP contribution in [0, 0.1) is 5.92 Å². The molecule has 2 unspecified atom stereocenters. The Morgan fingerprint density at radius 2 is 2.10 bits per heavy atom. The summed E-state index contributed by atoms with van der Waals surface area (Å²) in [5.74, 6) is 0.660. The van der Waals surface area contributed by atoms with Gasteiger partial charge in [-0.1, -0.05) is 13.8 Å². The van der Waals surface area contributed by atoms with E-state index in [1.807, 2.05) is 0 Å². The average Bonchev–Trinajstić information content (AvgIpc) is 2.91. The van der Waals surface area contributed by atoms with Crippen LogP contribution in [0.2, 0.25) is 0 Å². The van der Waals surface area contributed by atoms with Gasteiger partial charge in [-0.05, 0) is 51.1 Å². The number of nitrogens with two attached hydrogens (primary N) is 1. The van der Waals surface area contributed by atoms with Crippen LogP contribution in [0.1, 0.15) is 58.2 Å². The van der Waals surface area contributed by atoms with Gasteiger partial charge in [-0.3, -0.25) is 9.58 Å². The van der Waals surface area contributed by atoms with Crippen LogP contribution in [-0.2, 0) is 6.54 Å². The highest BCUT2D eigenvalue weighted by molar-refractivity contribution is 5.01. The van der Waals surface area contributed by atoms with Gasteiger partial charge in [0, 0.05) is 25.3 Å². The minimum Gasteiger partial charge on any atom is -0.330 e. The molecule has 0 radical (unpaired) electrons. The molecule has 2 atom stereocenters. The zero-order valence-electron chi connectivity index (χ0n) is 13.3. The lowest BCUT2D eigenvalue weighted by atomic mass is 9.93. The first-order chi connectivity index (χ1) is 9.67. The normalized spacial score (nSPS) is 24.4. The molecule has 0 aliphatic carbocycles. The van der Waals surface area contributed by atoms with Crippen LogP contribution in [0.25, 0.3) is 0 Å². The summed E-state index contributed by atoms with van der Waals surface area (Å²) in [5.41, 5.74) is 7.03. The van der Waals surface area contributed by atoms with E-state index >= 15 is 0 Å². The Labute approximate surface area is 123 Å². The van der Waals surface area contributed by atoms with Crippen LogP contribution in [0.15, 0.2) is 12.3 Å². The van der Waals surface area contributed by atoms with E-state index in [4.69, 9.17) is 10.8 Å². The molecule has 4 heteroatoms. The zero-order valence-corrected chi connectivity index (χ0v) is 13.3. The van der Waals surface area contributed by atoms with E-state index in [-0.39, 0.29) is 0 Å². The summed E-state index contributed by atoms with van der Waals surface area (Å²) in [6.07, 6.45) is 6.97. The standard InChI is InChI=1S/C16H30N4/c1-4-16(5-2)20-9-8-15(18-20)12-19-11-14(10-17)7-6-13(19)3/h8-9,13-14,16H,4-7,10-12,17H2,1-3H3. The van der Waals surface area contributed by atoms with Crippen molar-refractivity contribution in [3.05, 3.63) is 18.0 Å². The van der Waals surface area contributed by atoms with Gasteiger partial charge in [0.2, 0.25) is 0 Å². The maximum absolute atomic E-state index is 5.84. The summed E-state index contributed by atoms with van der Waals surface area (Å²) in [4.78, 5) is 2.54. The van der Waals surface area contributed by atoms with E-state index in [0.717, 1.165) is 32.5 Å². The monoisotopic (exact) mass is 278 g/mol. The van der Waals surface area contributed by atoms with Gasteiger partial charge in [-0.2, -0.15) is 5.10 Å². The molecule has 1 fully saturated rings. The summed E-state index contributed by atoms with van der Waals surface area (Å²) in [7, 11) is 0. The molecular formula is C16H30N4. The number of hydrogen-bond donors (Lipinski definition) is 1. The first kappa shape index (κ1) is 15.5. The van der Waals surface area contributed by atoms with Crippen molar-refractivity contribution >= 4 is 0 Å². The second-order valence-corrected chi connectivity index (χ2v) is 6.21. The summed E-state index contributed by atoms with van der Waals surface area (Å²) >= 11 is 0. The Hall–Kier alpha value is -0.870. The van der Waals surface area contributed by atoms with Gasteiger partial charge in [0.05, 0.1) is 11.7 Å². The first-order valence-electron chi connectivity index (χ1n) is 8.16. The van der Waals surface area contributed by atoms with E-state index in [0.29, 0.717) is 18.0 Å². The highest BCUT2D eigenvalue weighted by atomic mass is 15.3. The number of rotatable bonds is 6. The second-order valence-electron chi connectivity index (χ2n) is 6.21. The van der Waals surface area contributed by atoms with Crippen LogP contribution >= 0.6 is 0 Å². The molecule has 1 aromatic heterocycles. The predicted molar refractivity (Wildman–Crippen MR) is 83.5 cm³/mol. The number of piperidine rings is 1. The van der Waals surface area contributed by atoms with Crippen molar-refractivity contribution in [3.8, 4) is 0 Å². The van der Waals surface area contributed by atoms with Gasteiger partial charge in [0.1, 0.15) is 0 Å². The van der Waals surface area contributed by atoms with Crippen molar-refractivity contribution in [2.24, 2.45) is 11.7 Å². The molecule has 114 valence electrons. The Morgan fingerprint density at radius 1 is 1.35 bits per heavy atom. The molecule has 1 aliphatic rings. The molecule has 0 bridgehead atoms. The highest BCUT2D eigenvalue weighted by Crippen LogP contribution is 2.23. The lowest BCUT2D eigenvalue weighted by molar-refractivity contribution is 0.111. The van der Waals surface area contributed by atoms with Gasteiger partial charge in [0.25, 0.3) is 0 Å². The quantitative estimate of drug-likeness (QED) is 0.870. The molecule has 2 rings (SSSR count). The number of aromatic nitrogens is 2. The molecule has 2 N–H and O–H groups in total. The number of nitrogens with zero attached hydrogens (tertiary/aromatic N) is 3. The molecule has 20 heavy (non-hydrogen) atoms. The fraction of sp³-hybridized carbons (Fsp3) is 0.812. The molecule has 0 saturated carbocycles. The molecular weight excluding hydrogens is 248 g/mol. The number of hydrogen-bond acceptors (Lipinski definition) is 3. The largest absolute Gasteiger partial charge is 0.330 e.